The summed E-state index contributed by atoms with van der Waals surface area (Å²) >= 11 is 0. The van der Waals surface area contributed by atoms with Gasteiger partial charge in [-0.2, -0.15) is 0 Å². The molecule has 0 saturated heterocycles. The first-order valence-corrected chi connectivity index (χ1v) is 5.13. The maximum absolute atomic E-state index is 11.7. The molecule has 1 rings (SSSR count). The quantitative estimate of drug-likeness (QED) is 0.448. The van der Waals surface area contributed by atoms with E-state index in [1.165, 1.54) is 6.92 Å². The Kier molecular flexibility index (Phi) is 3.75. The van der Waals surface area contributed by atoms with Gasteiger partial charge in [-0.3, -0.25) is 29.1 Å². The molecule has 0 unspecified atom stereocenters. The molecule has 0 bridgehead atoms. The molecule has 1 aromatic rings. The Morgan fingerprint density at radius 1 is 1.33 bits per heavy atom. The minimum atomic E-state index is -1.31. The number of nitrogens with zero attached hydrogens (tertiary/aromatic N) is 2. The summed E-state index contributed by atoms with van der Waals surface area (Å²) in [4.78, 5) is 44.5. The summed E-state index contributed by atoms with van der Waals surface area (Å²) in [5.41, 5.74) is -0.734. The molecule has 7 heteroatoms. The fraction of sp³-hybridized carbons (Fsp3) is 0.364. The molecule has 7 nitrogen and oxygen atoms in total. The van der Waals surface area contributed by atoms with Crippen LogP contribution in [0, 0.1) is 17.0 Å². The van der Waals surface area contributed by atoms with Gasteiger partial charge >= 0.3 is 0 Å². The largest absolute Gasteiger partial charge is 0.297 e. The van der Waals surface area contributed by atoms with Crippen molar-refractivity contribution in [3.8, 4) is 0 Å². The van der Waals surface area contributed by atoms with Crippen LogP contribution in [-0.2, 0) is 9.59 Å². The first-order valence-electron chi connectivity index (χ1n) is 5.13. The molecular weight excluding hydrogens is 240 g/mol. The first-order chi connectivity index (χ1) is 8.25. The highest BCUT2D eigenvalue weighted by atomic mass is 16.6. The van der Waals surface area contributed by atoms with E-state index in [-0.39, 0.29) is 11.3 Å². The van der Waals surface area contributed by atoms with E-state index in [0.29, 0.717) is 0 Å². The molecule has 18 heavy (non-hydrogen) atoms. The van der Waals surface area contributed by atoms with Crippen molar-refractivity contribution in [2.45, 2.75) is 26.8 Å². The molecule has 0 aliphatic rings. The summed E-state index contributed by atoms with van der Waals surface area (Å²) < 4.78 is 0.801. The molecule has 0 aliphatic carbocycles. The Labute approximate surface area is 102 Å². The van der Waals surface area contributed by atoms with E-state index in [4.69, 9.17) is 0 Å². The van der Waals surface area contributed by atoms with E-state index in [0.717, 1.165) is 30.7 Å². The van der Waals surface area contributed by atoms with Gasteiger partial charge in [0, 0.05) is 11.6 Å². The van der Waals surface area contributed by atoms with Crippen LogP contribution in [0.15, 0.2) is 17.1 Å². The van der Waals surface area contributed by atoms with Gasteiger partial charge in [-0.25, -0.2) is 0 Å². The van der Waals surface area contributed by atoms with Gasteiger partial charge in [0.2, 0.25) is 0 Å². The van der Waals surface area contributed by atoms with Crippen molar-refractivity contribution in [1.29, 1.82) is 0 Å². The number of carbonyl (C=O) groups excluding carboxylic acids is 2. The summed E-state index contributed by atoms with van der Waals surface area (Å²) in [6.07, 6.45) is 0.936. The predicted octanol–water partition coefficient (Wildman–Crippen LogP) is 0.784. The molecule has 96 valence electrons. The van der Waals surface area contributed by atoms with E-state index in [1.807, 2.05) is 0 Å². The van der Waals surface area contributed by atoms with Crippen molar-refractivity contribution in [2.75, 3.05) is 0 Å². The zero-order chi connectivity index (χ0) is 14.0. The molecule has 0 atom stereocenters. The van der Waals surface area contributed by atoms with Crippen molar-refractivity contribution < 1.29 is 14.5 Å². The summed E-state index contributed by atoms with van der Waals surface area (Å²) in [6.45, 7) is 3.73. The number of carbonyl (C=O) groups is 2. The lowest BCUT2D eigenvalue weighted by molar-refractivity contribution is -0.385. The summed E-state index contributed by atoms with van der Waals surface area (Å²) in [5, 5.41) is 10.8. The molecule has 0 saturated carbocycles. The Balaban J connectivity index is 3.54. The number of aryl methyl sites for hydroxylation is 1. The number of Topliss-reactive ketones (excluding diaryl/α,β-unsaturated/α-hetero) is 2. The molecule has 0 amide bonds. The Morgan fingerprint density at radius 3 is 2.22 bits per heavy atom. The lowest BCUT2D eigenvalue weighted by atomic mass is 10.1. The molecule has 0 fully saturated rings. The van der Waals surface area contributed by atoms with Crippen molar-refractivity contribution in [3.05, 3.63) is 38.3 Å². The van der Waals surface area contributed by atoms with E-state index in [9.17, 15) is 24.5 Å². The van der Waals surface area contributed by atoms with Crippen molar-refractivity contribution >= 4 is 17.3 Å². The second kappa shape index (κ2) is 4.91. The average Bonchev–Trinajstić information content (AvgIpc) is 2.19. The monoisotopic (exact) mass is 252 g/mol. The first kappa shape index (κ1) is 13.8. The minimum Gasteiger partial charge on any atom is -0.297 e. The van der Waals surface area contributed by atoms with Crippen LogP contribution in [0.2, 0.25) is 0 Å². The Morgan fingerprint density at radius 2 is 1.83 bits per heavy atom. The number of hydrogen-bond acceptors (Lipinski definition) is 5. The van der Waals surface area contributed by atoms with Crippen LogP contribution < -0.4 is 5.56 Å². The zero-order valence-electron chi connectivity index (χ0n) is 10.2. The molecular formula is C11H12N2O5. The molecule has 1 aromatic heterocycles. The smallest absolute Gasteiger partial charge is 0.288 e. The lowest BCUT2D eigenvalue weighted by Gasteiger charge is -2.13. The van der Waals surface area contributed by atoms with Gasteiger partial charge in [0.1, 0.15) is 0 Å². The van der Waals surface area contributed by atoms with Gasteiger partial charge in [0.05, 0.1) is 11.1 Å². The lowest BCUT2D eigenvalue weighted by Crippen LogP contribution is -2.33. The third kappa shape index (κ3) is 2.50. The zero-order valence-corrected chi connectivity index (χ0v) is 10.2. The van der Waals surface area contributed by atoms with Crippen molar-refractivity contribution in [2.24, 2.45) is 0 Å². The summed E-state index contributed by atoms with van der Waals surface area (Å²) in [5.74, 6) is -1.08. The van der Waals surface area contributed by atoms with E-state index in [1.54, 1.807) is 0 Å². The van der Waals surface area contributed by atoms with Crippen LogP contribution in [0.3, 0.4) is 0 Å². The average molecular weight is 252 g/mol. The maximum Gasteiger partial charge on any atom is 0.288 e. The highest BCUT2D eigenvalue weighted by Gasteiger charge is 2.25. The topological polar surface area (TPSA) is 99.3 Å². The van der Waals surface area contributed by atoms with Gasteiger partial charge < -0.3 is 0 Å². The van der Waals surface area contributed by atoms with Crippen LogP contribution in [0.4, 0.5) is 5.69 Å². The maximum atomic E-state index is 11.7. The number of aromatic nitrogens is 1. The number of nitro groups is 1. The second-order valence-corrected chi connectivity index (χ2v) is 3.97. The van der Waals surface area contributed by atoms with E-state index >= 15 is 0 Å². The minimum absolute atomic E-state index is 0.187. The SMILES string of the molecule is CC(=O)C(C(C)=O)n1cc([N+](=O)[O-])c(C)cc1=O. The van der Waals surface area contributed by atoms with Crippen LogP contribution in [-0.4, -0.2) is 21.1 Å². The van der Waals surface area contributed by atoms with E-state index < -0.39 is 28.1 Å². The second-order valence-electron chi connectivity index (χ2n) is 3.97. The predicted molar refractivity (Wildman–Crippen MR) is 62.5 cm³/mol. The molecule has 1 heterocycles. The normalized spacial score (nSPS) is 10.4. The van der Waals surface area contributed by atoms with Crippen LogP contribution in [0.1, 0.15) is 25.5 Å². The standard InChI is InChI=1S/C11H12N2O5/c1-6-4-10(16)12(5-9(6)13(17)18)11(7(2)14)8(3)15/h4-5,11H,1-3H3. The van der Waals surface area contributed by atoms with Crippen molar-refractivity contribution in [3.63, 3.8) is 0 Å². The van der Waals surface area contributed by atoms with Crippen molar-refractivity contribution in [1.82, 2.24) is 4.57 Å². The molecule has 0 spiro atoms. The van der Waals surface area contributed by atoms with Gasteiger partial charge in [-0.1, -0.05) is 0 Å². The van der Waals surface area contributed by atoms with Gasteiger partial charge in [-0.15, -0.1) is 0 Å². The number of hydrogen-bond donors (Lipinski definition) is 0. The fourth-order valence-electron chi connectivity index (χ4n) is 1.70. The Bertz CT molecular complexity index is 574. The van der Waals surface area contributed by atoms with Gasteiger partial charge in [0.25, 0.3) is 11.2 Å². The van der Waals surface area contributed by atoms with Gasteiger partial charge in [-0.05, 0) is 20.8 Å². The number of pyridine rings is 1. The summed E-state index contributed by atoms with van der Waals surface area (Å²) in [6, 6.07) is -0.270. The fourth-order valence-corrected chi connectivity index (χ4v) is 1.70. The highest BCUT2D eigenvalue weighted by Crippen LogP contribution is 2.17. The Hall–Kier alpha value is -2.31. The summed E-state index contributed by atoms with van der Waals surface area (Å²) in [7, 11) is 0. The molecule has 0 aliphatic heterocycles. The van der Waals surface area contributed by atoms with E-state index in [2.05, 4.69) is 0 Å². The van der Waals surface area contributed by atoms with Crippen LogP contribution in [0.5, 0.6) is 0 Å². The third-order valence-electron chi connectivity index (χ3n) is 2.50. The van der Waals surface area contributed by atoms with Crippen LogP contribution >= 0.6 is 0 Å². The molecule has 0 N–H and O–H groups in total. The molecule has 0 aromatic carbocycles. The number of rotatable bonds is 4. The highest BCUT2D eigenvalue weighted by molar-refractivity contribution is 6.02. The number of ketones is 2. The molecule has 0 radical (unpaired) electrons. The third-order valence-corrected chi connectivity index (χ3v) is 2.50. The van der Waals surface area contributed by atoms with Crippen LogP contribution in [0.25, 0.3) is 0 Å². The van der Waals surface area contributed by atoms with Gasteiger partial charge in [0.15, 0.2) is 17.6 Å².